The molecule has 344 valence electrons. The summed E-state index contributed by atoms with van der Waals surface area (Å²) in [5, 5.41) is 20.7. The topological polar surface area (TPSA) is 328 Å². The van der Waals surface area contributed by atoms with E-state index in [-0.39, 0.29) is 111 Å². The lowest BCUT2D eigenvalue weighted by atomic mass is 10.1. The van der Waals surface area contributed by atoms with Crippen molar-refractivity contribution in [3.05, 3.63) is 76.9 Å². The van der Waals surface area contributed by atoms with Crippen LogP contribution in [0.2, 0.25) is 0 Å². The fourth-order valence-corrected chi connectivity index (χ4v) is 8.36. The molecule has 3 unspecified atom stereocenters. The molecular weight excluding hydrogens is 924 g/mol. The van der Waals surface area contributed by atoms with Crippen molar-refractivity contribution >= 4 is 43.6 Å². The molecule has 0 saturated carbocycles. The van der Waals surface area contributed by atoms with E-state index in [2.05, 4.69) is 32.3 Å². The molecule has 3 heterocycles. The molecule has 0 fully saturated rings. The zero-order valence-electron chi connectivity index (χ0n) is 34.5. The molecule has 0 bridgehead atoms. The monoisotopic (exact) mass is 971 g/mol. The number of carboxylic acids is 1. The molecule has 4 aromatic rings. The second kappa shape index (κ2) is 25.5. The molecule has 3 atom stereocenters. The van der Waals surface area contributed by atoms with E-state index in [1.165, 1.54) is 59.1 Å². The average Bonchev–Trinajstić information content (AvgIpc) is 3.88. The average molecular weight is 972 g/mol. The van der Waals surface area contributed by atoms with Crippen LogP contribution in [-0.2, 0) is 45.6 Å². The summed E-state index contributed by atoms with van der Waals surface area (Å²) < 4.78 is 71.4. The minimum Gasteiger partial charge on any atom is -0.490 e. The molecule has 0 aliphatic carbocycles. The largest absolute Gasteiger partial charge is 0.521 e. The van der Waals surface area contributed by atoms with Gasteiger partial charge in [-0.25, -0.2) is 24.1 Å². The van der Waals surface area contributed by atoms with Crippen LogP contribution < -0.4 is 14.8 Å². The van der Waals surface area contributed by atoms with Crippen molar-refractivity contribution in [2.45, 2.75) is 25.9 Å². The summed E-state index contributed by atoms with van der Waals surface area (Å²) in [5.74, 6) is 5.25. The molecule has 0 spiro atoms. The summed E-state index contributed by atoms with van der Waals surface area (Å²) in [6.07, 6.45) is 0.993. The van der Waals surface area contributed by atoms with E-state index in [4.69, 9.17) is 24.1 Å². The minimum atomic E-state index is -4.62. The molecule has 4 rings (SSSR count). The first kappa shape index (κ1) is 51.7. The van der Waals surface area contributed by atoms with Gasteiger partial charge in [0.15, 0.2) is 11.6 Å². The van der Waals surface area contributed by atoms with Gasteiger partial charge in [-0.1, -0.05) is 11.8 Å². The fraction of sp³-hybridized carbons (Fsp3) is 0.417. The number of nitrogens with zero attached hydrogens (tertiary/aromatic N) is 7. The lowest BCUT2D eigenvalue weighted by Crippen LogP contribution is -2.26. The summed E-state index contributed by atoms with van der Waals surface area (Å²) in [4.78, 5) is 79.0. The third-order valence-electron chi connectivity index (χ3n) is 8.29. The van der Waals surface area contributed by atoms with Crippen LogP contribution in [0.15, 0.2) is 48.8 Å². The van der Waals surface area contributed by atoms with E-state index in [9.17, 15) is 52.3 Å². The first-order valence-electron chi connectivity index (χ1n) is 18.9. The van der Waals surface area contributed by atoms with Gasteiger partial charge in [0, 0.05) is 57.8 Å². The molecular formula is C36H47N8O16P4+3. The predicted molar refractivity (Wildman–Crippen MR) is 227 cm³/mol. The first-order chi connectivity index (χ1) is 30.4. The van der Waals surface area contributed by atoms with Crippen LogP contribution in [0.25, 0.3) is 11.6 Å². The van der Waals surface area contributed by atoms with Crippen LogP contribution >= 0.6 is 31.7 Å². The maximum absolute atomic E-state index is 13.4. The molecule has 28 heteroatoms. The Kier molecular flexibility index (Phi) is 20.6. The van der Waals surface area contributed by atoms with Crippen LogP contribution in [0.3, 0.4) is 0 Å². The van der Waals surface area contributed by atoms with Gasteiger partial charge >= 0.3 is 37.6 Å². The van der Waals surface area contributed by atoms with Crippen molar-refractivity contribution in [1.82, 2.24) is 39.7 Å². The highest BCUT2D eigenvalue weighted by atomic mass is 31.2. The van der Waals surface area contributed by atoms with Gasteiger partial charge in [0.2, 0.25) is 18.9 Å². The second-order valence-corrected chi connectivity index (χ2v) is 18.1. The van der Waals surface area contributed by atoms with Crippen molar-refractivity contribution < 1.29 is 76.4 Å². The molecule has 0 aliphatic rings. The lowest BCUT2D eigenvalue weighted by Gasteiger charge is -2.16. The maximum atomic E-state index is 13.4. The summed E-state index contributed by atoms with van der Waals surface area (Å²) in [6.45, 7) is 0.313. The number of benzene rings is 1. The van der Waals surface area contributed by atoms with Gasteiger partial charge in [-0.05, 0) is 50.4 Å². The number of aromatic nitrogens is 5. The standard InChI is InChI=1S/C36H44N8O16P4/c1-57-12-14-59-31-19-30(36(47)37-9-3-4-35(45)46)32(60-15-13-58-2)18-27(31)6-5-26-16-33(43-10-7-28(39-43)20-41(22-61(48)49)23-62(50)51)38-34(17-26)44-11-8-29(40-44)21-42(24-63(52)53)25-64(54,55)56/h7-8,10-11,16-19H,3-4,9,12-15,20-25H2,1-2H3,(H4-3,37,45,46,47,48,49,50,51,52,53,54,55,56)/p+3. The van der Waals surface area contributed by atoms with Crippen LogP contribution in [0.5, 0.6) is 11.5 Å². The Bertz CT molecular complexity index is 2380. The van der Waals surface area contributed by atoms with Gasteiger partial charge < -0.3 is 39.2 Å². The minimum absolute atomic E-state index is 0.0608. The van der Waals surface area contributed by atoms with Crippen molar-refractivity contribution in [2.24, 2.45) is 0 Å². The van der Waals surface area contributed by atoms with E-state index in [0.717, 1.165) is 4.90 Å². The smallest absolute Gasteiger partial charge is 0.490 e. The maximum Gasteiger partial charge on any atom is 0.521 e. The quantitative estimate of drug-likeness (QED) is 0.0256. The molecule has 0 radical (unpaired) electrons. The van der Waals surface area contributed by atoms with Gasteiger partial charge in [0.25, 0.3) is 5.91 Å². The van der Waals surface area contributed by atoms with E-state index in [0.29, 0.717) is 11.3 Å². The van der Waals surface area contributed by atoms with E-state index >= 15 is 0 Å². The Balaban J connectivity index is 1.82. The molecule has 3 aromatic heterocycles. The van der Waals surface area contributed by atoms with Crippen molar-refractivity contribution in [2.75, 3.05) is 72.3 Å². The number of pyridine rings is 1. The van der Waals surface area contributed by atoms with Crippen LogP contribution in [0.4, 0.5) is 0 Å². The van der Waals surface area contributed by atoms with Gasteiger partial charge in [0.05, 0.1) is 42.3 Å². The second-order valence-electron chi connectivity index (χ2n) is 13.6. The number of amides is 1. The molecule has 0 aliphatic heterocycles. The SMILES string of the molecule is COCCOc1cc(C(=O)NCCCC(=O)O)c(OCCOC)cc1C#Cc1cc(-n2ccc(CN(C[P+](=O)O)C[P+](=O)O)n2)nc(-n2ccc(CN(C[P+](=O)O)CP(=O)(O)O)n2)c1. The third-order valence-corrected chi connectivity index (χ3v) is 11.0. The highest BCUT2D eigenvalue weighted by Gasteiger charge is 2.28. The van der Waals surface area contributed by atoms with Crippen LogP contribution in [-0.4, -0.2) is 148 Å². The number of carbonyl (C=O) groups is 2. The predicted octanol–water partition coefficient (Wildman–Crippen LogP) is 2.31. The zero-order chi connectivity index (χ0) is 46.8. The summed E-state index contributed by atoms with van der Waals surface area (Å²) >= 11 is 0. The number of nitrogens with one attached hydrogen (secondary N) is 1. The number of carboxylic acid groups (broad SMARTS) is 1. The zero-order valence-corrected chi connectivity index (χ0v) is 38.1. The molecule has 1 aromatic carbocycles. The van der Waals surface area contributed by atoms with Crippen LogP contribution in [0.1, 0.15) is 45.7 Å². The van der Waals surface area contributed by atoms with Gasteiger partial charge in [-0.3, -0.25) is 14.2 Å². The van der Waals surface area contributed by atoms with Crippen molar-refractivity contribution in [3.63, 3.8) is 0 Å². The number of hydrogen-bond acceptors (Lipinski definition) is 15. The van der Waals surface area contributed by atoms with Crippen LogP contribution in [0, 0.1) is 11.8 Å². The van der Waals surface area contributed by atoms with Crippen molar-refractivity contribution in [3.8, 4) is 35.0 Å². The Morgan fingerprint density at radius 2 is 1.31 bits per heavy atom. The van der Waals surface area contributed by atoms with Gasteiger partial charge in [0.1, 0.15) is 31.0 Å². The molecule has 7 N–H and O–H groups in total. The van der Waals surface area contributed by atoms with E-state index in [1.54, 1.807) is 18.2 Å². The molecule has 64 heavy (non-hydrogen) atoms. The molecule has 1 amide bonds. The van der Waals surface area contributed by atoms with Gasteiger partial charge in [-0.15, -0.1) is 0 Å². The Morgan fingerprint density at radius 1 is 0.781 bits per heavy atom. The summed E-state index contributed by atoms with van der Waals surface area (Å²) in [5.41, 5.74) is 1.32. The normalized spacial score (nSPS) is 12.2. The Labute approximate surface area is 368 Å². The lowest BCUT2D eigenvalue weighted by molar-refractivity contribution is -0.137. The Hall–Kier alpha value is -4.94. The third kappa shape index (κ3) is 17.9. The van der Waals surface area contributed by atoms with E-state index < -0.39 is 56.1 Å². The highest BCUT2D eigenvalue weighted by Crippen LogP contribution is 2.37. The first-order valence-corrected chi connectivity index (χ1v) is 24.9. The van der Waals surface area contributed by atoms with Crippen molar-refractivity contribution in [1.29, 1.82) is 0 Å². The summed E-state index contributed by atoms with van der Waals surface area (Å²) in [7, 11) is -9.78. The number of rotatable bonds is 27. The number of methoxy groups -OCH3 is 2. The Morgan fingerprint density at radius 3 is 1.83 bits per heavy atom. The highest BCUT2D eigenvalue weighted by molar-refractivity contribution is 7.51. The summed E-state index contributed by atoms with van der Waals surface area (Å²) in [6, 6.07) is 9.19. The fourth-order valence-electron chi connectivity index (χ4n) is 5.70. The van der Waals surface area contributed by atoms with Gasteiger partial charge in [-0.2, -0.15) is 24.9 Å². The number of hydrogen-bond donors (Lipinski definition) is 7. The number of carbonyl (C=O) groups excluding carboxylic acids is 1. The molecule has 0 saturated heterocycles. The van der Waals surface area contributed by atoms with E-state index in [1.807, 2.05) is 0 Å². The number of ether oxygens (including phenoxy) is 4. The number of aliphatic carboxylic acids is 1. The molecule has 24 nitrogen and oxygen atoms in total.